The number of rotatable bonds is 7. The number of aryl methyl sites for hydroxylation is 2. The van der Waals surface area contributed by atoms with Gasteiger partial charge in [-0.25, -0.2) is 0 Å². The summed E-state index contributed by atoms with van der Waals surface area (Å²) in [4.78, 5) is 0. The van der Waals surface area contributed by atoms with Gasteiger partial charge in [-0.15, -0.1) is 0 Å². The van der Waals surface area contributed by atoms with Crippen LogP contribution < -0.4 is 10.1 Å². The first-order chi connectivity index (χ1) is 8.19. The van der Waals surface area contributed by atoms with E-state index in [1.165, 1.54) is 16.7 Å². The third-order valence-electron chi connectivity index (χ3n) is 2.94. The van der Waals surface area contributed by atoms with Crippen LogP contribution in [0.15, 0.2) is 12.1 Å². The normalized spacial score (nSPS) is 10.6. The summed E-state index contributed by atoms with van der Waals surface area (Å²) in [5.41, 5.74) is 3.82. The van der Waals surface area contributed by atoms with Gasteiger partial charge < -0.3 is 15.2 Å². The minimum absolute atomic E-state index is 0.258. The maximum absolute atomic E-state index is 8.67. The van der Waals surface area contributed by atoms with Crippen molar-refractivity contribution in [2.45, 2.75) is 26.7 Å². The van der Waals surface area contributed by atoms with Crippen LogP contribution in [0, 0.1) is 13.8 Å². The summed E-state index contributed by atoms with van der Waals surface area (Å²) >= 11 is 0. The predicted molar refractivity (Wildman–Crippen MR) is 70.7 cm³/mol. The van der Waals surface area contributed by atoms with Gasteiger partial charge in [-0.2, -0.15) is 0 Å². The number of ether oxygens (including phenoxy) is 1. The van der Waals surface area contributed by atoms with Crippen LogP contribution in [0.25, 0.3) is 0 Å². The molecule has 0 saturated heterocycles. The highest BCUT2D eigenvalue weighted by Crippen LogP contribution is 2.22. The lowest BCUT2D eigenvalue weighted by molar-refractivity contribution is 0.286. The van der Waals surface area contributed by atoms with Crippen LogP contribution in [0.4, 0.5) is 0 Å². The zero-order valence-electron chi connectivity index (χ0n) is 11.0. The van der Waals surface area contributed by atoms with Crippen LogP contribution in [-0.4, -0.2) is 31.9 Å². The average Bonchev–Trinajstić information content (AvgIpc) is 2.32. The van der Waals surface area contributed by atoms with Crippen LogP contribution in [0.2, 0.25) is 0 Å². The maximum atomic E-state index is 8.67. The first-order valence-corrected chi connectivity index (χ1v) is 6.14. The van der Waals surface area contributed by atoms with Crippen molar-refractivity contribution >= 4 is 0 Å². The Morgan fingerprint density at radius 1 is 1.18 bits per heavy atom. The second kappa shape index (κ2) is 7.30. The summed E-state index contributed by atoms with van der Waals surface area (Å²) in [5.74, 6) is 0.958. The van der Waals surface area contributed by atoms with Gasteiger partial charge in [-0.05, 0) is 62.5 Å². The molecule has 1 rings (SSSR count). The van der Waals surface area contributed by atoms with E-state index in [-0.39, 0.29) is 6.61 Å². The molecule has 17 heavy (non-hydrogen) atoms. The van der Waals surface area contributed by atoms with Crippen molar-refractivity contribution in [3.05, 3.63) is 28.8 Å². The summed E-state index contributed by atoms with van der Waals surface area (Å²) in [7, 11) is 1.71. The van der Waals surface area contributed by atoms with Crippen molar-refractivity contribution < 1.29 is 9.84 Å². The molecule has 1 aromatic carbocycles. The molecule has 0 atom stereocenters. The van der Waals surface area contributed by atoms with Crippen molar-refractivity contribution in [2.75, 3.05) is 26.8 Å². The van der Waals surface area contributed by atoms with E-state index in [2.05, 4.69) is 31.3 Å². The van der Waals surface area contributed by atoms with E-state index < -0.39 is 0 Å². The molecule has 0 heterocycles. The topological polar surface area (TPSA) is 41.5 Å². The molecule has 0 aliphatic carbocycles. The number of methoxy groups -OCH3 is 1. The van der Waals surface area contributed by atoms with Crippen LogP contribution >= 0.6 is 0 Å². The Morgan fingerprint density at radius 2 is 1.94 bits per heavy atom. The molecule has 0 aliphatic heterocycles. The summed E-state index contributed by atoms with van der Waals surface area (Å²) in [5, 5.41) is 12.0. The van der Waals surface area contributed by atoms with Gasteiger partial charge in [0.2, 0.25) is 0 Å². The molecule has 1 aromatic rings. The smallest absolute Gasteiger partial charge is 0.122 e. The molecular formula is C14H23NO2. The molecule has 0 fully saturated rings. The third-order valence-corrected chi connectivity index (χ3v) is 2.94. The standard InChI is InChI=1S/C14H23NO2/c1-11-10-14(17-3)12(2)9-13(11)5-7-15-6-4-8-16/h9-10,15-16H,4-8H2,1-3H3. The van der Waals surface area contributed by atoms with Crippen LogP contribution in [-0.2, 0) is 6.42 Å². The van der Waals surface area contributed by atoms with Crippen molar-refractivity contribution in [3.8, 4) is 5.75 Å². The average molecular weight is 237 g/mol. The zero-order chi connectivity index (χ0) is 12.7. The Kier molecular flexibility index (Phi) is 6.01. The Hall–Kier alpha value is -1.06. The molecule has 0 radical (unpaired) electrons. The second-order valence-electron chi connectivity index (χ2n) is 4.33. The minimum Gasteiger partial charge on any atom is -0.496 e. The van der Waals surface area contributed by atoms with E-state index >= 15 is 0 Å². The van der Waals surface area contributed by atoms with Gasteiger partial charge in [0.15, 0.2) is 0 Å². The molecule has 2 N–H and O–H groups in total. The maximum Gasteiger partial charge on any atom is 0.122 e. The van der Waals surface area contributed by atoms with E-state index in [4.69, 9.17) is 9.84 Å². The summed E-state index contributed by atoms with van der Waals surface area (Å²) < 4.78 is 5.29. The molecule has 3 heteroatoms. The highest BCUT2D eigenvalue weighted by atomic mass is 16.5. The Labute approximate surface area is 104 Å². The molecule has 0 amide bonds. The number of nitrogens with one attached hydrogen (secondary N) is 1. The predicted octanol–water partition coefficient (Wildman–Crippen LogP) is 1.83. The molecule has 96 valence electrons. The minimum atomic E-state index is 0.258. The fraction of sp³-hybridized carbons (Fsp3) is 0.571. The highest BCUT2D eigenvalue weighted by Gasteiger charge is 2.04. The van der Waals surface area contributed by atoms with Gasteiger partial charge in [-0.3, -0.25) is 0 Å². The SMILES string of the molecule is COc1cc(C)c(CCNCCCO)cc1C. The number of benzene rings is 1. The van der Waals surface area contributed by atoms with Crippen LogP contribution in [0.5, 0.6) is 5.75 Å². The van der Waals surface area contributed by atoms with E-state index in [0.717, 1.165) is 31.7 Å². The van der Waals surface area contributed by atoms with Crippen LogP contribution in [0.3, 0.4) is 0 Å². The van der Waals surface area contributed by atoms with Gasteiger partial charge in [0.1, 0.15) is 5.75 Å². The van der Waals surface area contributed by atoms with E-state index in [9.17, 15) is 0 Å². The molecule has 0 unspecified atom stereocenters. The van der Waals surface area contributed by atoms with Gasteiger partial charge in [0.05, 0.1) is 7.11 Å². The Balaban J connectivity index is 2.51. The molecule has 0 bridgehead atoms. The largest absolute Gasteiger partial charge is 0.496 e. The summed E-state index contributed by atoms with van der Waals surface area (Å²) in [6, 6.07) is 4.29. The highest BCUT2D eigenvalue weighted by molar-refractivity contribution is 5.41. The third kappa shape index (κ3) is 4.36. The fourth-order valence-electron chi connectivity index (χ4n) is 1.89. The summed E-state index contributed by atoms with van der Waals surface area (Å²) in [6.07, 6.45) is 1.84. The lowest BCUT2D eigenvalue weighted by atomic mass is 10.0. The van der Waals surface area contributed by atoms with Crippen molar-refractivity contribution in [3.63, 3.8) is 0 Å². The van der Waals surface area contributed by atoms with Crippen molar-refractivity contribution in [2.24, 2.45) is 0 Å². The number of aliphatic hydroxyl groups is 1. The fourth-order valence-corrected chi connectivity index (χ4v) is 1.89. The first-order valence-electron chi connectivity index (χ1n) is 6.14. The van der Waals surface area contributed by atoms with Crippen molar-refractivity contribution in [1.29, 1.82) is 0 Å². The van der Waals surface area contributed by atoms with E-state index in [1.807, 2.05) is 0 Å². The molecule has 3 nitrogen and oxygen atoms in total. The van der Waals surface area contributed by atoms with E-state index in [1.54, 1.807) is 7.11 Å². The molecular weight excluding hydrogens is 214 g/mol. The number of hydrogen-bond donors (Lipinski definition) is 2. The Morgan fingerprint density at radius 3 is 2.59 bits per heavy atom. The second-order valence-corrected chi connectivity index (χ2v) is 4.33. The van der Waals surface area contributed by atoms with Crippen LogP contribution in [0.1, 0.15) is 23.1 Å². The quantitative estimate of drug-likeness (QED) is 0.711. The number of hydrogen-bond acceptors (Lipinski definition) is 3. The van der Waals surface area contributed by atoms with E-state index in [0.29, 0.717) is 0 Å². The molecule has 0 spiro atoms. The van der Waals surface area contributed by atoms with Gasteiger partial charge in [0, 0.05) is 6.61 Å². The lowest BCUT2D eigenvalue weighted by Crippen LogP contribution is -2.19. The Bertz CT molecular complexity index is 350. The zero-order valence-corrected chi connectivity index (χ0v) is 11.0. The molecule has 0 aromatic heterocycles. The van der Waals surface area contributed by atoms with Gasteiger partial charge in [0.25, 0.3) is 0 Å². The van der Waals surface area contributed by atoms with Crippen molar-refractivity contribution in [1.82, 2.24) is 5.32 Å². The monoisotopic (exact) mass is 237 g/mol. The molecule has 0 aliphatic rings. The van der Waals surface area contributed by atoms with Gasteiger partial charge >= 0.3 is 0 Å². The number of aliphatic hydroxyl groups excluding tert-OH is 1. The summed E-state index contributed by atoms with van der Waals surface area (Å²) in [6.45, 7) is 6.27. The lowest BCUT2D eigenvalue weighted by Gasteiger charge is -2.11. The molecule has 0 saturated carbocycles. The van der Waals surface area contributed by atoms with Gasteiger partial charge in [-0.1, -0.05) is 6.07 Å². The first kappa shape index (κ1) is 14.0.